The van der Waals surface area contributed by atoms with Crippen molar-refractivity contribution in [2.75, 3.05) is 25.0 Å². The van der Waals surface area contributed by atoms with E-state index in [1.807, 2.05) is 6.07 Å². The molecule has 8 heteroatoms. The summed E-state index contributed by atoms with van der Waals surface area (Å²) < 4.78 is 5.19. The van der Waals surface area contributed by atoms with Gasteiger partial charge >= 0.3 is 5.76 Å². The number of carbonyl (C=O) groups excluding carboxylic acids is 1. The Bertz CT molecular complexity index is 1060. The Balaban J connectivity index is 1.83. The van der Waals surface area contributed by atoms with Crippen LogP contribution in [-0.2, 0) is 4.79 Å². The molecule has 1 aromatic carbocycles. The molecule has 0 unspecified atom stereocenters. The molecule has 1 aliphatic heterocycles. The van der Waals surface area contributed by atoms with Gasteiger partial charge in [0.2, 0.25) is 5.91 Å². The third kappa shape index (κ3) is 6.55. The molecule has 0 spiro atoms. The number of benzene rings is 1. The van der Waals surface area contributed by atoms with Gasteiger partial charge < -0.3 is 20.0 Å². The van der Waals surface area contributed by atoms with Gasteiger partial charge in [-0.25, -0.2) is 4.79 Å². The van der Waals surface area contributed by atoms with Gasteiger partial charge in [-0.15, -0.1) is 0 Å². The van der Waals surface area contributed by atoms with E-state index in [1.165, 1.54) is 0 Å². The van der Waals surface area contributed by atoms with E-state index in [0.717, 1.165) is 32.5 Å². The van der Waals surface area contributed by atoms with E-state index in [-0.39, 0.29) is 11.3 Å². The summed E-state index contributed by atoms with van der Waals surface area (Å²) in [7, 11) is 0. The number of hydrogen-bond donors (Lipinski definition) is 2. The molecular formula is C25H35N5O3. The number of fused-ring (bicyclic) bond motifs is 1. The summed E-state index contributed by atoms with van der Waals surface area (Å²) in [4.78, 5) is 31.8. The SMILES string of the molecule is CCCN1CCC(C#N)(NC(=O)[C@@H](CCC(C)(C)C)Nc2nc(=O)oc3ccccc23)CC1. The first-order valence-corrected chi connectivity index (χ1v) is 11.8. The van der Waals surface area contributed by atoms with Gasteiger partial charge in [0, 0.05) is 13.1 Å². The van der Waals surface area contributed by atoms with E-state index in [1.54, 1.807) is 18.2 Å². The zero-order valence-electron chi connectivity index (χ0n) is 20.1. The van der Waals surface area contributed by atoms with E-state index < -0.39 is 17.3 Å². The fraction of sp³-hybridized carbons (Fsp3) is 0.600. The van der Waals surface area contributed by atoms with Gasteiger partial charge in [-0.3, -0.25) is 4.79 Å². The van der Waals surface area contributed by atoms with Crippen molar-refractivity contribution in [3.05, 3.63) is 34.8 Å². The van der Waals surface area contributed by atoms with Gasteiger partial charge in [0.25, 0.3) is 0 Å². The highest BCUT2D eigenvalue weighted by atomic mass is 16.4. The van der Waals surface area contributed by atoms with E-state index in [2.05, 4.69) is 54.3 Å². The summed E-state index contributed by atoms with van der Waals surface area (Å²) in [6.45, 7) is 11.1. The number of para-hydroxylation sites is 1. The Kier molecular flexibility index (Phi) is 7.75. The smallest absolute Gasteiger partial charge is 0.408 e. The topological polar surface area (TPSA) is 111 Å². The van der Waals surface area contributed by atoms with Gasteiger partial charge in [-0.1, -0.05) is 39.8 Å². The quantitative estimate of drug-likeness (QED) is 0.627. The summed E-state index contributed by atoms with van der Waals surface area (Å²) in [6.07, 6.45) is 3.57. The summed E-state index contributed by atoms with van der Waals surface area (Å²) in [5, 5.41) is 16.8. The summed E-state index contributed by atoms with van der Waals surface area (Å²) >= 11 is 0. The second kappa shape index (κ2) is 10.3. The molecular weight excluding hydrogens is 418 g/mol. The Labute approximate surface area is 195 Å². The number of amides is 1. The number of nitrogens with zero attached hydrogens (tertiary/aromatic N) is 3. The summed E-state index contributed by atoms with van der Waals surface area (Å²) in [6, 6.07) is 8.84. The van der Waals surface area contributed by atoms with Crippen LogP contribution in [0.4, 0.5) is 5.82 Å². The number of rotatable bonds is 8. The lowest BCUT2D eigenvalue weighted by Gasteiger charge is -2.38. The number of carbonyl (C=O) groups is 1. The molecule has 2 heterocycles. The van der Waals surface area contributed by atoms with Gasteiger partial charge in [0.1, 0.15) is 23.0 Å². The number of nitriles is 1. The third-order valence-corrected chi connectivity index (χ3v) is 6.18. The monoisotopic (exact) mass is 453 g/mol. The minimum absolute atomic E-state index is 0.0177. The van der Waals surface area contributed by atoms with E-state index in [9.17, 15) is 14.9 Å². The van der Waals surface area contributed by atoms with Crippen LogP contribution >= 0.6 is 0 Å². The number of aromatic nitrogens is 1. The highest BCUT2D eigenvalue weighted by molar-refractivity contribution is 5.91. The summed E-state index contributed by atoms with van der Waals surface area (Å²) in [5.74, 6) is -0.647. The van der Waals surface area contributed by atoms with Crippen molar-refractivity contribution >= 4 is 22.7 Å². The maximum Gasteiger partial charge on any atom is 0.441 e. The fourth-order valence-electron chi connectivity index (χ4n) is 4.20. The minimum atomic E-state index is -0.881. The van der Waals surface area contributed by atoms with Crippen molar-refractivity contribution in [3.8, 4) is 6.07 Å². The molecule has 0 radical (unpaired) electrons. The number of likely N-dealkylation sites (tertiary alicyclic amines) is 1. The van der Waals surface area contributed by atoms with Crippen molar-refractivity contribution in [1.29, 1.82) is 5.26 Å². The van der Waals surface area contributed by atoms with Crippen LogP contribution in [0.2, 0.25) is 0 Å². The van der Waals surface area contributed by atoms with Crippen LogP contribution in [0.3, 0.4) is 0 Å². The van der Waals surface area contributed by atoms with Crippen molar-refractivity contribution in [1.82, 2.24) is 15.2 Å². The molecule has 3 rings (SSSR count). The highest BCUT2D eigenvalue weighted by Crippen LogP contribution is 2.27. The lowest BCUT2D eigenvalue weighted by atomic mass is 9.86. The maximum absolute atomic E-state index is 13.5. The van der Waals surface area contributed by atoms with Crippen LogP contribution in [-0.4, -0.2) is 47.0 Å². The van der Waals surface area contributed by atoms with Crippen LogP contribution in [0.5, 0.6) is 0 Å². The molecule has 178 valence electrons. The van der Waals surface area contributed by atoms with Crippen molar-refractivity contribution in [2.45, 2.75) is 71.4 Å². The number of nitrogens with one attached hydrogen (secondary N) is 2. The molecule has 1 fully saturated rings. The standard InChI is InChI=1S/C25H35N5O3/c1-5-14-30-15-12-25(17-26,13-16-30)29-22(31)19(10-11-24(2,3)4)27-21-18-8-6-7-9-20(18)33-23(32)28-21/h6-9,19H,5,10-16H2,1-4H3,(H,29,31)(H,27,28,32)/t19-/m1/s1. The van der Waals surface area contributed by atoms with E-state index in [4.69, 9.17) is 4.42 Å². The van der Waals surface area contributed by atoms with Crippen LogP contribution in [0.25, 0.3) is 11.0 Å². The Morgan fingerprint density at radius 2 is 2.00 bits per heavy atom. The fourth-order valence-corrected chi connectivity index (χ4v) is 4.20. The predicted octanol–water partition coefficient (Wildman–Crippen LogP) is 3.68. The molecule has 1 atom stereocenters. The molecule has 33 heavy (non-hydrogen) atoms. The first kappa shape index (κ1) is 24.7. The molecule has 1 aliphatic rings. The van der Waals surface area contributed by atoms with Crippen molar-refractivity contribution < 1.29 is 9.21 Å². The van der Waals surface area contributed by atoms with Crippen molar-refractivity contribution in [2.24, 2.45) is 5.41 Å². The normalized spacial score (nSPS) is 17.3. The average molecular weight is 454 g/mol. The van der Waals surface area contributed by atoms with E-state index >= 15 is 0 Å². The molecule has 0 aliphatic carbocycles. The van der Waals surface area contributed by atoms with Crippen LogP contribution in [0, 0.1) is 16.7 Å². The number of anilines is 1. The van der Waals surface area contributed by atoms with Gasteiger partial charge in [0.05, 0.1) is 11.5 Å². The van der Waals surface area contributed by atoms with Gasteiger partial charge in [0.15, 0.2) is 0 Å². The Morgan fingerprint density at radius 1 is 1.30 bits per heavy atom. The summed E-state index contributed by atoms with van der Waals surface area (Å²) in [5.41, 5.74) is -0.454. The molecule has 2 aromatic rings. The second-order valence-corrected chi connectivity index (χ2v) is 10.1. The zero-order valence-corrected chi connectivity index (χ0v) is 20.1. The molecule has 1 aromatic heterocycles. The third-order valence-electron chi connectivity index (χ3n) is 6.18. The van der Waals surface area contributed by atoms with Gasteiger partial charge in [-0.05, 0) is 56.2 Å². The predicted molar refractivity (Wildman–Crippen MR) is 129 cm³/mol. The molecule has 0 saturated carbocycles. The first-order chi connectivity index (χ1) is 15.6. The maximum atomic E-state index is 13.5. The van der Waals surface area contributed by atoms with Crippen LogP contribution in [0.15, 0.2) is 33.5 Å². The molecule has 1 saturated heterocycles. The van der Waals surface area contributed by atoms with Crippen LogP contribution < -0.4 is 16.4 Å². The molecule has 0 bridgehead atoms. The number of hydrogen-bond acceptors (Lipinski definition) is 7. The molecule has 2 N–H and O–H groups in total. The average Bonchev–Trinajstić information content (AvgIpc) is 2.77. The minimum Gasteiger partial charge on any atom is -0.408 e. The zero-order chi connectivity index (χ0) is 24.1. The Morgan fingerprint density at radius 3 is 2.64 bits per heavy atom. The molecule has 1 amide bonds. The second-order valence-electron chi connectivity index (χ2n) is 10.1. The first-order valence-electron chi connectivity index (χ1n) is 11.8. The lowest BCUT2D eigenvalue weighted by molar-refractivity contribution is -0.123. The van der Waals surface area contributed by atoms with Crippen molar-refractivity contribution in [3.63, 3.8) is 0 Å². The van der Waals surface area contributed by atoms with E-state index in [0.29, 0.717) is 36.0 Å². The number of piperidine rings is 1. The van der Waals surface area contributed by atoms with Crippen LogP contribution in [0.1, 0.15) is 59.8 Å². The largest absolute Gasteiger partial charge is 0.441 e. The van der Waals surface area contributed by atoms with Gasteiger partial charge in [-0.2, -0.15) is 10.2 Å². The lowest BCUT2D eigenvalue weighted by Crippen LogP contribution is -2.57. The Hall–Kier alpha value is -2.92. The highest BCUT2D eigenvalue weighted by Gasteiger charge is 2.38. The molecule has 8 nitrogen and oxygen atoms in total.